The number of anilines is 2. The summed E-state index contributed by atoms with van der Waals surface area (Å²) in [5, 5.41) is 16.2. The zero-order valence-corrected chi connectivity index (χ0v) is 28.8. The molecule has 6 atom stereocenters. The minimum absolute atomic E-state index is 0.0277. The van der Waals surface area contributed by atoms with Crippen LogP contribution in [0.15, 0.2) is 42.5 Å². The van der Waals surface area contributed by atoms with Crippen molar-refractivity contribution in [1.82, 2.24) is 10.2 Å². The molecule has 0 radical (unpaired) electrons. The molecule has 6 rings (SSSR count). The lowest BCUT2D eigenvalue weighted by molar-refractivity contribution is -0.150. The molecule has 0 aliphatic carbocycles. The molecule has 0 saturated carbocycles. The van der Waals surface area contributed by atoms with Crippen LogP contribution in [-0.4, -0.2) is 81.6 Å². The van der Waals surface area contributed by atoms with E-state index in [0.29, 0.717) is 35.8 Å². The van der Waals surface area contributed by atoms with Crippen molar-refractivity contribution in [2.45, 2.75) is 82.0 Å². The van der Waals surface area contributed by atoms with E-state index in [1.807, 2.05) is 37.3 Å². The summed E-state index contributed by atoms with van der Waals surface area (Å²) in [5.74, 6) is -0.617. The first-order valence-electron chi connectivity index (χ1n) is 16.9. The van der Waals surface area contributed by atoms with Crippen molar-refractivity contribution in [3.05, 3.63) is 53.6 Å². The number of ether oxygens (including phenoxy) is 2. The van der Waals surface area contributed by atoms with Gasteiger partial charge in [0.1, 0.15) is 5.75 Å². The predicted molar refractivity (Wildman–Crippen MR) is 179 cm³/mol. The standard InChI is InChI=1S/C35H47FN4O6Si/c1-22-32(47(3,4)36)30(18-31(42)39-15-7-11-26(39)21-41)46-35(22)28-17-27(45-2)12-13-29(28)40(34(35)44)20-23-8-5-10-25(16-23)38-33(43)24-9-6-14-37-19-24/h5,8,10,12-13,16-17,22,24,26,30,32,37,41H,6-7,9,11,14-15,18-21H2,1-4H3,(H,38,43)/t22-,24?,26-,30+,32-,35+/m0/s1. The molecule has 3 fully saturated rings. The zero-order chi connectivity index (χ0) is 33.5. The third kappa shape index (κ3) is 6.21. The summed E-state index contributed by atoms with van der Waals surface area (Å²) in [6, 6.07) is 12.7. The summed E-state index contributed by atoms with van der Waals surface area (Å²) in [6.45, 7) is 7.32. The highest BCUT2D eigenvalue weighted by Crippen LogP contribution is 2.60. The highest BCUT2D eigenvalue weighted by atomic mass is 28.4. The maximum absolute atomic E-state index is 16.3. The SMILES string of the molecule is COc1ccc2c(c1)[C@@]1(O[C@H](CC(=O)N3CCC[C@H]3CO)[C@@H]([Si](C)(C)F)[C@@H]1C)C(=O)N2Cc1cccc(NC(=O)C2CCCNC2)c1. The number of nitrogens with one attached hydrogen (secondary N) is 2. The molecule has 4 aliphatic rings. The van der Waals surface area contributed by atoms with E-state index < -0.39 is 31.6 Å². The highest BCUT2D eigenvalue weighted by Gasteiger charge is 2.67. The fraction of sp³-hybridized carbons (Fsp3) is 0.571. The summed E-state index contributed by atoms with van der Waals surface area (Å²) in [7, 11) is -1.92. The van der Waals surface area contributed by atoms with Crippen LogP contribution < -0.4 is 20.3 Å². The molecule has 10 nitrogen and oxygen atoms in total. The van der Waals surface area contributed by atoms with E-state index >= 15 is 4.11 Å². The number of nitrogens with zero attached hydrogens (tertiary/aromatic N) is 2. The summed E-state index contributed by atoms with van der Waals surface area (Å²) >= 11 is 0. The first kappa shape index (κ1) is 33.6. The number of carbonyl (C=O) groups is 3. The lowest BCUT2D eigenvalue weighted by Gasteiger charge is -2.31. The number of rotatable bonds is 9. The van der Waals surface area contributed by atoms with Gasteiger partial charge < -0.3 is 39.1 Å². The van der Waals surface area contributed by atoms with Crippen molar-refractivity contribution >= 4 is 37.5 Å². The largest absolute Gasteiger partial charge is 0.497 e. The molecule has 4 aliphatic heterocycles. The Bertz CT molecular complexity index is 1510. The summed E-state index contributed by atoms with van der Waals surface area (Å²) in [6.07, 6.45) is 2.47. The number of methoxy groups -OCH3 is 1. The summed E-state index contributed by atoms with van der Waals surface area (Å²) in [4.78, 5) is 44.6. The summed E-state index contributed by atoms with van der Waals surface area (Å²) in [5.41, 5.74) is 0.599. The lowest BCUT2D eigenvalue weighted by Crippen LogP contribution is -2.45. The highest BCUT2D eigenvalue weighted by molar-refractivity contribution is 6.72. The second kappa shape index (κ2) is 13.3. The molecule has 0 bridgehead atoms. The molecule has 4 heterocycles. The fourth-order valence-electron chi connectivity index (χ4n) is 8.40. The van der Waals surface area contributed by atoms with Crippen LogP contribution in [-0.2, 0) is 31.3 Å². The van der Waals surface area contributed by atoms with E-state index in [1.165, 1.54) is 0 Å². The van der Waals surface area contributed by atoms with Gasteiger partial charge in [0.25, 0.3) is 5.91 Å². The maximum Gasteiger partial charge on any atom is 0.264 e. The van der Waals surface area contributed by atoms with Gasteiger partial charge in [-0.15, -0.1) is 0 Å². The molecular weight excluding hydrogens is 619 g/mol. The fourth-order valence-corrected chi connectivity index (χ4v) is 10.9. The molecule has 2 aromatic carbocycles. The van der Waals surface area contributed by atoms with E-state index in [0.717, 1.165) is 37.8 Å². The van der Waals surface area contributed by atoms with Crippen LogP contribution >= 0.6 is 0 Å². The second-order valence-corrected chi connectivity index (χ2v) is 17.8. The van der Waals surface area contributed by atoms with Crippen LogP contribution in [0.3, 0.4) is 0 Å². The van der Waals surface area contributed by atoms with Crippen LogP contribution in [0.2, 0.25) is 18.6 Å². The third-order valence-corrected chi connectivity index (χ3v) is 13.1. The van der Waals surface area contributed by atoms with Gasteiger partial charge in [-0.05, 0) is 81.2 Å². The van der Waals surface area contributed by atoms with Crippen molar-refractivity contribution in [3.63, 3.8) is 0 Å². The number of hydrogen-bond acceptors (Lipinski definition) is 7. The monoisotopic (exact) mass is 666 g/mol. The molecule has 1 spiro atoms. The Labute approximate surface area is 277 Å². The molecule has 47 heavy (non-hydrogen) atoms. The van der Waals surface area contributed by atoms with Crippen molar-refractivity contribution < 1.29 is 33.1 Å². The van der Waals surface area contributed by atoms with Gasteiger partial charge in [0.15, 0.2) is 5.60 Å². The first-order chi connectivity index (χ1) is 22.5. The van der Waals surface area contributed by atoms with Crippen LogP contribution in [0, 0.1) is 11.8 Å². The average Bonchev–Trinajstić information content (AvgIpc) is 3.72. The van der Waals surface area contributed by atoms with Gasteiger partial charge >= 0.3 is 0 Å². The summed E-state index contributed by atoms with van der Waals surface area (Å²) < 4.78 is 28.6. The Morgan fingerprint density at radius 1 is 1.19 bits per heavy atom. The Balaban J connectivity index is 1.31. The van der Waals surface area contributed by atoms with Gasteiger partial charge in [0, 0.05) is 35.8 Å². The van der Waals surface area contributed by atoms with Crippen molar-refractivity contribution in [3.8, 4) is 5.75 Å². The topological polar surface area (TPSA) is 120 Å². The zero-order valence-electron chi connectivity index (χ0n) is 27.8. The van der Waals surface area contributed by atoms with Gasteiger partial charge in [0.2, 0.25) is 20.2 Å². The van der Waals surface area contributed by atoms with Crippen molar-refractivity contribution in [2.24, 2.45) is 11.8 Å². The number of aliphatic hydroxyl groups is 1. The average molecular weight is 667 g/mol. The Morgan fingerprint density at radius 3 is 2.70 bits per heavy atom. The van der Waals surface area contributed by atoms with Crippen LogP contribution in [0.5, 0.6) is 5.75 Å². The van der Waals surface area contributed by atoms with Crippen LogP contribution in [0.4, 0.5) is 15.5 Å². The number of carbonyl (C=O) groups excluding carboxylic acids is 3. The van der Waals surface area contributed by atoms with E-state index in [2.05, 4.69) is 10.6 Å². The molecule has 1 unspecified atom stereocenters. The molecule has 2 aromatic rings. The van der Waals surface area contributed by atoms with Gasteiger partial charge in [-0.3, -0.25) is 14.4 Å². The van der Waals surface area contributed by atoms with Crippen LogP contribution in [0.25, 0.3) is 0 Å². The number of fused-ring (bicyclic) bond motifs is 2. The van der Waals surface area contributed by atoms with Crippen molar-refractivity contribution in [1.29, 1.82) is 0 Å². The maximum atomic E-state index is 16.3. The number of likely N-dealkylation sites (tertiary alicyclic amines) is 1. The van der Waals surface area contributed by atoms with E-state index in [-0.39, 0.29) is 49.3 Å². The second-order valence-electron chi connectivity index (χ2n) is 14.0. The number of hydrogen-bond donors (Lipinski definition) is 3. The number of piperidine rings is 1. The van der Waals surface area contributed by atoms with E-state index in [1.54, 1.807) is 42.1 Å². The molecule has 12 heteroatoms. The van der Waals surface area contributed by atoms with Gasteiger partial charge in [-0.25, -0.2) is 0 Å². The lowest BCUT2D eigenvalue weighted by atomic mass is 9.82. The van der Waals surface area contributed by atoms with Crippen molar-refractivity contribution in [2.75, 3.05) is 43.6 Å². The Hall–Kier alpha value is -3.32. The molecule has 0 aromatic heterocycles. The minimum Gasteiger partial charge on any atom is -0.497 e. The minimum atomic E-state index is -3.47. The van der Waals surface area contributed by atoms with Gasteiger partial charge in [-0.2, -0.15) is 0 Å². The Kier molecular flexibility index (Phi) is 9.50. The number of aliphatic hydroxyl groups excluding tert-OH is 1. The van der Waals surface area contributed by atoms with E-state index in [4.69, 9.17) is 9.47 Å². The molecule has 3 saturated heterocycles. The van der Waals surface area contributed by atoms with Crippen LogP contribution in [0.1, 0.15) is 50.2 Å². The number of halogens is 1. The van der Waals surface area contributed by atoms with E-state index in [9.17, 15) is 19.5 Å². The van der Waals surface area contributed by atoms with Gasteiger partial charge in [0.05, 0.1) is 50.4 Å². The molecular formula is C35H47FN4O6Si. The first-order valence-corrected chi connectivity index (χ1v) is 19.8. The predicted octanol–water partition coefficient (Wildman–Crippen LogP) is 4.33. The Morgan fingerprint density at radius 2 is 2.00 bits per heavy atom. The number of amides is 3. The number of benzene rings is 2. The molecule has 254 valence electrons. The third-order valence-electron chi connectivity index (χ3n) is 10.7. The molecule has 3 amide bonds. The smallest absolute Gasteiger partial charge is 0.264 e. The molecule has 3 N–H and O–H groups in total. The van der Waals surface area contributed by atoms with Gasteiger partial charge in [-0.1, -0.05) is 19.1 Å². The normalized spacial score (nSPS) is 29.0. The quantitative estimate of drug-likeness (QED) is 0.269.